The SMILES string of the molecule is CS(=O)(=O)CC1CCC(NC(=O)c2ccnc(OC(F)F)c2)CC1. The molecule has 0 bridgehead atoms. The van der Waals surface area contributed by atoms with E-state index in [1.807, 2.05) is 0 Å². The van der Waals surface area contributed by atoms with Crippen LogP contribution in [0.5, 0.6) is 5.88 Å². The van der Waals surface area contributed by atoms with Crippen LogP contribution in [0.15, 0.2) is 18.3 Å². The fourth-order valence-electron chi connectivity index (χ4n) is 2.88. The molecule has 0 radical (unpaired) electrons. The zero-order valence-electron chi connectivity index (χ0n) is 13.2. The quantitative estimate of drug-likeness (QED) is 0.837. The van der Waals surface area contributed by atoms with Gasteiger partial charge in [0.1, 0.15) is 9.84 Å². The third-order valence-corrected chi connectivity index (χ3v) is 5.00. The Morgan fingerprint density at radius 2 is 2.04 bits per heavy atom. The van der Waals surface area contributed by atoms with E-state index in [1.54, 1.807) is 0 Å². The van der Waals surface area contributed by atoms with Gasteiger partial charge < -0.3 is 10.1 Å². The fourth-order valence-corrected chi connectivity index (χ4v) is 4.07. The van der Waals surface area contributed by atoms with Gasteiger partial charge in [-0.3, -0.25) is 4.79 Å². The first-order valence-electron chi connectivity index (χ1n) is 7.62. The first-order valence-corrected chi connectivity index (χ1v) is 9.68. The first kappa shape index (κ1) is 18.6. The van der Waals surface area contributed by atoms with Gasteiger partial charge in [-0.15, -0.1) is 0 Å². The van der Waals surface area contributed by atoms with Crippen LogP contribution in [-0.2, 0) is 9.84 Å². The van der Waals surface area contributed by atoms with Crippen LogP contribution >= 0.6 is 0 Å². The number of halogens is 2. The van der Waals surface area contributed by atoms with Gasteiger partial charge in [0.05, 0.1) is 5.75 Å². The van der Waals surface area contributed by atoms with Crippen LogP contribution in [0.4, 0.5) is 8.78 Å². The number of carbonyl (C=O) groups excluding carboxylic acids is 1. The van der Waals surface area contributed by atoms with E-state index in [9.17, 15) is 22.0 Å². The lowest BCUT2D eigenvalue weighted by atomic mass is 9.87. The second-order valence-corrected chi connectivity index (χ2v) is 8.23. The molecule has 1 saturated carbocycles. The van der Waals surface area contributed by atoms with Crippen LogP contribution in [0.1, 0.15) is 36.0 Å². The maximum atomic E-state index is 12.2. The Balaban J connectivity index is 1.87. The lowest BCUT2D eigenvalue weighted by Gasteiger charge is -2.28. The number of hydrogen-bond acceptors (Lipinski definition) is 5. The van der Waals surface area contributed by atoms with E-state index >= 15 is 0 Å². The molecule has 0 unspecified atom stereocenters. The normalized spacial score (nSPS) is 21.5. The predicted molar refractivity (Wildman–Crippen MR) is 83.8 cm³/mol. The van der Waals surface area contributed by atoms with Gasteiger partial charge in [-0.25, -0.2) is 13.4 Å². The molecule has 134 valence electrons. The highest BCUT2D eigenvalue weighted by molar-refractivity contribution is 7.90. The minimum Gasteiger partial charge on any atom is -0.417 e. The molecular weight excluding hydrogens is 342 g/mol. The van der Waals surface area contributed by atoms with Crippen molar-refractivity contribution >= 4 is 15.7 Å². The molecule has 1 fully saturated rings. The molecule has 0 saturated heterocycles. The lowest BCUT2D eigenvalue weighted by molar-refractivity contribution is -0.0529. The summed E-state index contributed by atoms with van der Waals surface area (Å²) in [5, 5.41) is 2.84. The van der Waals surface area contributed by atoms with Crippen LogP contribution in [0, 0.1) is 5.92 Å². The van der Waals surface area contributed by atoms with E-state index in [0.717, 1.165) is 18.9 Å². The Bertz CT molecular complexity index is 674. The van der Waals surface area contributed by atoms with E-state index in [2.05, 4.69) is 15.0 Å². The van der Waals surface area contributed by atoms with Crippen molar-refractivity contribution < 1.29 is 26.7 Å². The molecule has 0 spiro atoms. The fraction of sp³-hybridized carbons (Fsp3) is 0.600. The van der Waals surface area contributed by atoms with Crippen LogP contribution in [0.2, 0.25) is 0 Å². The van der Waals surface area contributed by atoms with E-state index in [0.29, 0.717) is 12.8 Å². The molecule has 0 atom stereocenters. The number of carbonyl (C=O) groups is 1. The Hall–Kier alpha value is -1.77. The number of ether oxygens (including phenoxy) is 1. The number of aromatic nitrogens is 1. The average Bonchev–Trinajstić information content (AvgIpc) is 2.47. The van der Waals surface area contributed by atoms with Crippen LogP contribution in [0.3, 0.4) is 0 Å². The van der Waals surface area contributed by atoms with Crippen LogP contribution in [-0.4, -0.2) is 44.0 Å². The number of nitrogens with one attached hydrogen (secondary N) is 1. The molecule has 24 heavy (non-hydrogen) atoms. The van der Waals surface area contributed by atoms with Gasteiger partial charge in [0, 0.05) is 30.1 Å². The molecule has 6 nitrogen and oxygen atoms in total. The first-order chi connectivity index (χ1) is 11.2. The van der Waals surface area contributed by atoms with Crippen LogP contribution < -0.4 is 10.1 Å². The molecule has 2 rings (SSSR count). The Labute approximate surface area is 139 Å². The average molecular weight is 362 g/mol. The minimum atomic E-state index is -3.00. The molecule has 1 aliphatic rings. The number of sulfone groups is 1. The highest BCUT2D eigenvalue weighted by Gasteiger charge is 2.25. The van der Waals surface area contributed by atoms with Crippen molar-refractivity contribution in [1.29, 1.82) is 0 Å². The summed E-state index contributed by atoms with van der Waals surface area (Å²) in [4.78, 5) is 15.8. The monoisotopic (exact) mass is 362 g/mol. The molecule has 1 heterocycles. The number of alkyl halides is 2. The van der Waals surface area contributed by atoms with Crippen molar-refractivity contribution in [2.45, 2.75) is 38.3 Å². The maximum Gasteiger partial charge on any atom is 0.388 e. The largest absolute Gasteiger partial charge is 0.417 e. The summed E-state index contributed by atoms with van der Waals surface area (Å²) < 4.78 is 51.1. The second-order valence-electron chi connectivity index (χ2n) is 6.04. The van der Waals surface area contributed by atoms with Gasteiger partial charge in [0.2, 0.25) is 5.88 Å². The third-order valence-electron chi connectivity index (χ3n) is 3.93. The Morgan fingerprint density at radius 3 is 2.62 bits per heavy atom. The van der Waals surface area contributed by atoms with Crippen LogP contribution in [0.25, 0.3) is 0 Å². The second kappa shape index (κ2) is 7.87. The molecule has 1 aromatic heterocycles. The summed E-state index contributed by atoms with van der Waals surface area (Å²) in [6.45, 7) is -3.00. The minimum absolute atomic E-state index is 0.0547. The van der Waals surface area contributed by atoms with Crippen molar-refractivity contribution in [1.82, 2.24) is 10.3 Å². The van der Waals surface area contributed by atoms with E-state index in [-0.39, 0.29) is 35.1 Å². The molecule has 1 aliphatic carbocycles. The number of hydrogen-bond donors (Lipinski definition) is 1. The van der Waals surface area contributed by atoms with Gasteiger partial charge in [0.25, 0.3) is 5.91 Å². The standard InChI is InChI=1S/C15H20F2N2O4S/c1-24(21,22)9-10-2-4-12(5-3-10)19-14(20)11-6-7-18-13(8-11)23-15(16)17/h6-8,10,12,15H,2-5,9H2,1H3,(H,19,20). The number of amides is 1. The van der Waals surface area contributed by atoms with E-state index < -0.39 is 16.4 Å². The number of rotatable bonds is 6. The predicted octanol–water partition coefficient (Wildman–Crippen LogP) is 2.02. The van der Waals surface area contributed by atoms with Gasteiger partial charge in [-0.2, -0.15) is 8.78 Å². The zero-order chi connectivity index (χ0) is 17.7. The molecule has 0 aromatic carbocycles. The highest BCUT2D eigenvalue weighted by Crippen LogP contribution is 2.25. The van der Waals surface area contributed by atoms with Gasteiger partial charge in [-0.05, 0) is 37.7 Å². The van der Waals surface area contributed by atoms with Gasteiger partial charge >= 0.3 is 6.61 Å². The number of pyridine rings is 1. The molecule has 0 aliphatic heterocycles. The van der Waals surface area contributed by atoms with Crippen molar-refractivity contribution in [3.8, 4) is 5.88 Å². The number of nitrogens with zero attached hydrogens (tertiary/aromatic N) is 1. The van der Waals surface area contributed by atoms with E-state index in [4.69, 9.17) is 0 Å². The van der Waals surface area contributed by atoms with Crippen molar-refractivity contribution in [2.24, 2.45) is 5.92 Å². The highest BCUT2D eigenvalue weighted by atomic mass is 32.2. The molecular formula is C15H20F2N2O4S. The van der Waals surface area contributed by atoms with Crippen molar-refractivity contribution in [3.05, 3.63) is 23.9 Å². The summed E-state index contributed by atoms with van der Waals surface area (Å²) in [6, 6.07) is 2.53. The van der Waals surface area contributed by atoms with Crippen molar-refractivity contribution in [2.75, 3.05) is 12.0 Å². The smallest absolute Gasteiger partial charge is 0.388 e. The maximum absolute atomic E-state index is 12.2. The van der Waals surface area contributed by atoms with E-state index in [1.165, 1.54) is 18.5 Å². The summed E-state index contributed by atoms with van der Waals surface area (Å²) >= 11 is 0. The molecule has 9 heteroatoms. The Morgan fingerprint density at radius 1 is 1.38 bits per heavy atom. The summed E-state index contributed by atoms with van der Waals surface area (Å²) in [7, 11) is -2.99. The summed E-state index contributed by atoms with van der Waals surface area (Å²) in [5.74, 6) is -0.399. The Kier molecular flexibility index (Phi) is 6.09. The van der Waals surface area contributed by atoms with Gasteiger partial charge in [0.15, 0.2) is 0 Å². The molecule has 1 aromatic rings. The molecule has 1 N–H and O–H groups in total. The third kappa shape index (κ3) is 6.03. The van der Waals surface area contributed by atoms with Crippen molar-refractivity contribution in [3.63, 3.8) is 0 Å². The topological polar surface area (TPSA) is 85.4 Å². The van der Waals surface area contributed by atoms with Gasteiger partial charge in [-0.1, -0.05) is 0 Å². The lowest BCUT2D eigenvalue weighted by Crippen LogP contribution is -2.38. The zero-order valence-corrected chi connectivity index (χ0v) is 14.1. The molecule has 1 amide bonds. The summed E-state index contributed by atoms with van der Waals surface area (Å²) in [5.41, 5.74) is 0.193. The summed E-state index contributed by atoms with van der Waals surface area (Å²) in [6.07, 6.45) is 5.30.